The highest BCUT2D eigenvalue weighted by atomic mass is 32.2. The highest BCUT2D eigenvalue weighted by Gasteiger charge is 2.11. The van der Waals surface area contributed by atoms with Gasteiger partial charge in [-0.05, 0) is 79.7 Å². The van der Waals surface area contributed by atoms with Crippen molar-refractivity contribution in [2.45, 2.75) is 32.2 Å². The van der Waals surface area contributed by atoms with Crippen molar-refractivity contribution in [1.29, 1.82) is 0 Å². The number of rotatable bonds is 8. The van der Waals surface area contributed by atoms with Crippen LogP contribution in [-0.2, 0) is 11.4 Å². The number of nitrogens with zero attached hydrogens (tertiary/aromatic N) is 3. The lowest BCUT2D eigenvalue weighted by molar-refractivity contribution is -0.0447. The van der Waals surface area contributed by atoms with Gasteiger partial charge >= 0.3 is 0 Å². The van der Waals surface area contributed by atoms with E-state index in [9.17, 15) is 4.39 Å². The Hall–Kier alpha value is -1.89. The molecule has 0 radical (unpaired) electrons. The zero-order valence-electron chi connectivity index (χ0n) is 16.0. The number of hydroxylamine groups is 1. The minimum Gasteiger partial charge on any atom is -0.366 e. The molecule has 2 aromatic rings. The van der Waals surface area contributed by atoms with Crippen molar-refractivity contribution in [3.63, 3.8) is 0 Å². The van der Waals surface area contributed by atoms with Gasteiger partial charge in [0.2, 0.25) is 0 Å². The Labute approximate surface area is 159 Å². The van der Waals surface area contributed by atoms with Gasteiger partial charge in [-0.15, -0.1) is 4.47 Å². The van der Waals surface area contributed by atoms with Crippen molar-refractivity contribution >= 4 is 24.0 Å². The predicted molar refractivity (Wildman–Crippen MR) is 107 cm³/mol. The number of aryl methyl sites for hydroxylation is 2. The SMILES string of the molecule is CCN(C)/C=N/c1cc(C)c(CN(OC)Sc2ccc(F)cc2)cc1C. The zero-order chi connectivity index (χ0) is 19.1. The Morgan fingerprint density at radius 2 is 1.85 bits per heavy atom. The molecule has 0 aliphatic carbocycles. The third-order valence-corrected chi connectivity index (χ3v) is 5.04. The molecule has 0 amide bonds. The van der Waals surface area contributed by atoms with E-state index >= 15 is 0 Å². The average Bonchev–Trinajstić information content (AvgIpc) is 2.63. The lowest BCUT2D eigenvalue weighted by Crippen LogP contribution is -2.15. The van der Waals surface area contributed by atoms with E-state index in [4.69, 9.17) is 4.84 Å². The molecule has 0 bridgehead atoms. The number of aliphatic imine (C=N–C) groups is 1. The molecule has 0 aromatic heterocycles. The molecular weight excluding hydrogens is 349 g/mol. The molecule has 26 heavy (non-hydrogen) atoms. The van der Waals surface area contributed by atoms with Crippen LogP contribution in [0.4, 0.5) is 10.1 Å². The first-order valence-corrected chi connectivity index (χ1v) is 9.30. The Bertz CT molecular complexity index is 749. The third kappa shape index (κ3) is 5.83. The van der Waals surface area contributed by atoms with Crippen molar-refractivity contribution < 1.29 is 9.23 Å². The Kier molecular flexibility index (Phi) is 7.63. The van der Waals surface area contributed by atoms with Crippen LogP contribution in [0.25, 0.3) is 0 Å². The summed E-state index contributed by atoms with van der Waals surface area (Å²) in [6.07, 6.45) is 1.85. The Balaban J connectivity index is 2.13. The molecule has 0 aliphatic rings. The summed E-state index contributed by atoms with van der Waals surface area (Å²) in [7, 11) is 3.64. The summed E-state index contributed by atoms with van der Waals surface area (Å²) < 4.78 is 14.8. The first kappa shape index (κ1) is 20.4. The van der Waals surface area contributed by atoms with Gasteiger partial charge in [0.05, 0.1) is 25.7 Å². The van der Waals surface area contributed by atoms with Crippen LogP contribution in [0.1, 0.15) is 23.6 Å². The number of benzene rings is 2. The van der Waals surface area contributed by atoms with Gasteiger partial charge in [0.25, 0.3) is 0 Å². The molecule has 0 unspecified atom stereocenters. The van der Waals surface area contributed by atoms with Crippen LogP contribution in [0.2, 0.25) is 0 Å². The molecule has 0 N–H and O–H groups in total. The van der Waals surface area contributed by atoms with Crippen LogP contribution in [0.15, 0.2) is 46.3 Å². The summed E-state index contributed by atoms with van der Waals surface area (Å²) in [5.74, 6) is -0.241. The molecule has 0 spiro atoms. The second kappa shape index (κ2) is 9.71. The van der Waals surface area contributed by atoms with E-state index in [1.54, 1.807) is 23.7 Å². The van der Waals surface area contributed by atoms with E-state index < -0.39 is 0 Å². The van der Waals surface area contributed by atoms with Gasteiger partial charge in [0, 0.05) is 18.5 Å². The Morgan fingerprint density at radius 1 is 1.15 bits per heavy atom. The van der Waals surface area contributed by atoms with Gasteiger partial charge in [0.15, 0.2) is 0 Å². The summed E-state index contributed by atoms with van der Waals surface area (Å²) in [6, 6.07) is 10.6. The van der Waals surface area contributed by atoms with Crippen LogP contribution in [0.3, 0.4) is 0 Å². The first-order chi connectivity index (χ1) is 12.4. The molecule has 140 valence electrons. The minimum atomic E-state index is -0.241. The maximum atomic E-state index is 13.1. The van der Waals surface area contributed by atoms with E-state index in [0.29, 0.717) is 6.54 Å². The smallest absolute Gasteiger partial charge is 0.123 e. The molecule has 2 aromatic carbocycles. The van der Waals surface area contributed by atoms with Crippen molar-refractivity contribution in [2.24, 2.45) is 4.99 Å². The van der Waals surface area contributed by atoms with Crippen molar-refractivity contribution in [3.05, 3.63) is 58.9 Å². The topological polar surface area (TPSA) is 28.1 Å². The molecule has 0 fully saturated rings. The third-order valence-electron chi connectivity index (χ3n) is 4.07. The quantitative estimate of drug-likeness (QED) is 0.277. The highest BCUT2D eigenvalue weighted by Crippen LogP contribution is 2.28. The summed E-state index contributed by atoms with van der Waals surface area (Å²) in [5.41, 5.74) is 4.42. The fourth-order valence-electron chi connectivity index (χ4n) is 2.30. The monoisotopic (exact) mass is 375 g/mol. The largest absolute Gasteiger partial charge is 0.366 e. The normalized spacial score (nSPS) is 11.5. The maximum Gasteiger partial charge on any atom is 0.123 e. The second-order valence-electron chi connectivity index (χ2n) is 6.10. The molecule has 2 rings (SSSR count). The van der Waals surface area contributed by atoms with Gasteiger partial charge in [-0.2, -0.15) is 0 Å². The van der Waals surface area contributed by atoms with Crippen LogP contribution in [0.5, 0.6) is 0 Å². The van der Waals surface area contributed by atoms with Crippen LogP contribution >= 0.6 is 11.9 Å². The zero-order valence-corrected chi connectivity index (χ0v) is 16.8. The van der Waals surface area contributed by atoms with E-state index in [1.807, 2.05) is 18.3 Å². The predicted octanol–water partition coefficient (Wildman–Crippen LogP) is 5.12. The van der Waals surface area contributed by atoms with Crippen molar-refractivity contribution in [1.82, 2.24) is 9.37 Å². The van der Waals surface area contributed by atoms with Gasteiger partial charge in [0.1, 0.15) is 5.82 Å². The summed E-state index contributed by atoms with van der Waals surface area (Å²) in [5, 5.41) is 0. The molecule has 6 heteroatoms. The highest BCUT2D eigenvalue weighted by molar-refractivity contribution is 7.96. The van der Waals surface area contributed by atoms with Crippen molar-refractivity contribution in [2.75, 3.05) is 20.7 Å². The number of hydrogen-bond donors (Lipinski definition) is 0. The van der Waals surface area contributed by atoms with Gasteiger partial charge in [-0.1, -0.05) is 6.07 Å². The van der Waals surface area contributed by atoms with Crippen molar-refractivity contribution in [3.8, 4) is 0 Å². The molecular formula is C20H26FN3OS. The summed E-state index contributed by atoms with van der Waals surface area (Å²) in [4.78, 5) is 13.0. The Morgan fingerprint density at radius 3 is 2.46 bits per heavy atom. The second-order valence-corrected chi connectivity index (χ2v) is 7.16. The standard InChI is InChI=1S/C20H26FN3OS/c1-6-23(4)14-22-20-12-15(2)17(11-16(20)3)13-24(25-5)26-19-9-7-18(21)8-10-19/h7-12,14H,6,13H2,1-5H3/b22-14+. The van der Waals surface area contributed by atoms with E-state index in [2.05, 4.69) is 37.9 Å². The summed E-state index contributed by atoms with van der Waals surface area (Å²) in [6.45, 7) is 7.76. The van der Waals surface area contributed by atoms with Crippen LogP contribution in [0, 0.1) is 19.7 Å². The van der Waals surface area contributed by atoms with E-state index in [-0.39, 0.29) is 5.82 Å². The van der Waals surface area contributed by atoms with Gasteiger partial charge < -0.3 is 4.90 Å². The molecule has 0 aliphatic heterocycles. The number of halogens is 1. The molecule has 0 atom stereocenters. The lowest BCUT2D eigenvalue weighted by Gasteiger charge is -2.20. The fraction of sp³-hybridized carbons (Fsp3) is 0.350. The van der Waals surface area contributed by atoms with Gasteiger partial charge in [-0.25, -0.2) is 9.38 Å². The molecule has 0 saturated carbocycles. The van der Waals surface area contributed by atoms with E-state index in [0.717, 1.165) is 28.3 Å². The average molecular weight is 376 g/mol. The maximum absolute atomic E-state index is 13.1. The molecule has 0 heterocycles. The molecule has 0 saturated heterocycles. The minimum absolute atomic E-state index is 0.241. The van der Waals surface area contributed by atoms with Gasteiger partial charge in [-0.3, -0.25) is 4.84 Å². The fourth-order valence-corrected chi connectivity index (χ4v) is 3.07. The summed E-state index contributed by atoms with van der Waals surface area (Å²) >= 11 is 1.44. The van der Waals surface area contributed by atoms with Crippen LogP contribution in [-0.4, -0.2) is 36.4 Å². The molecule has 4 nitrogen and oxygen atoms in total. The lowest BCUT2D eigenvalue weighted by atomic mass is 10.0. The first-order valence-electron chi connectivity index (χ1n) is 8.52. The van der Waals surface area contributed by atoms with Crippen LogP contribution < -0.4 is 0 Å². The van der Waals surface area contributed by atoms with E-state index in [1.165, 1.54) is 29.6 Å². The number of hydrogen-bond acceptors (Lipinski definition) is 4.